The summed E-state index contributed by atoms with van der Waals surface area (Å²) >= 11 is 1.46. The molecule has 0 bridgehead atoms. The maximum absolute atomic E-state index is 13.4. The molecule has 1 aliphatic heterocycles. The van der Waals surface area contributed by atoms with Gasteiger partial charge in [-0.25, -0.2) is 9.37 Å². The fourth-order valence-corrected chi connectivity index (χ4v) is 4.60. The first-order chi connectivity index (χ1) is 12.2. The quantitative estimate of drug-likeness (QED) is 0.769. The van der Waals surface area contributed by atoms with Crippen LogP contribution in [-0.4, -0.2) is 37.7 Å². The van der Waals surface area contributed by atoms with Crippen LogP contribution in [0.3, 0.4) is 0 Å². The highest BCUT2D eigenvalue weighted by molar-refractivity contribution is 7.17. The second-order valence-electron chi connectivity index (χ2n) is 6.42. The SMILES string of the molecule is CCc1nc2sc(C(c3ccc(F)cc3)N3CCCCC3)c(O)n2n1. The predicted octanol–water partition coefficient (Wildman–Crippen LogP) is 3.77. The highest BCUT2D eigenvalue weighted by Gasteiger charge is 2.30. The summed E-state index contributed by atoms with van der Waals surface area (Å²) in [6.07, 6.45) is 4.24. The largest absolute Gasteiger partial charge is 0.492 e. The molecule has 2 aromatic heterocycles. The lowest BCUT2D eigenvalue weighted by atomic mass is 10.0. The zero-order valence-corrected chi connectivity index (χ0v) is 15.0. The van der Waals surface area contributed by atoms with E-state index in [1.54, 1.807) is 12.1 Å². The minimum Gasteiger partial charge on any atom is -0.492 e. The number of nitrogens with zero attached hydrogens (tertiary/aromatic N) is 4. The standard InChI is InChI=1S/C18H21FN4OS/c1-2-14-20-18-23(21-14)17(24)16(25-18)15(22-10-4-3-5-11-22)12-6-8-13(19)9-7-12/h6-9,15,24H,2-5,10-11H2,1H3. The van der Waals surface area contributed by atoms with Crippen molar-refractivity contribution in [3.8, 4) is 5.88 Å². The first-order valence-corrected chi connectivity index (χ1v) is 9.56. The molecule has 0 aliphatic carbocycles. The average molecular weight is 360 g/mol. The normalized spacial score (nSPS) is 17.2. The molecule has 1 aromatic carbocycles. The second kappa shape index (κ2) is 6.72. The smallest absolute Gasteiger partial charge is 0.230 e. The summed E-state index contributed by atoms with van der Waals surface area (Å²) in [6, 6.07) is 6.48. The fourth-order valence-electron chi connectivity index (χ4n) is 3.47. The summed E-state index contributed by atoms with van der Waals surface area (Å²) in [5.74, 6) is 0.622. The summed E-state index contributed by atoms with van der Waals surface area (Å²) in [7, 11) is 0. The number of thiazole rings is 1. The van der Waals surface area contributed by atoms with Crippen molar-refractivity contribution >= 4 is 16.3 Å². The Morgan fingerprint density at radius 3 is 2.56 bits per heavy atom. The first kappa shape index (κ1) is 16.5. The molecule has 0 saturated carbocycles. The minimum absolute atomic E-state index is 0.0977. The third-order valence-corrected chi connectivity index (χ3v) is 5.82. The number of halogens is 1. The third-order valence-electron chi connectivity index (χ3n) is 4.75. The van der Waals surface area contributed by atoms with Crippen LogP contribution in [-0.2, 0) is 6.42 Å². The van der Waals surface area contributed by atoms with E-state index >= 15 is 0 Å². The summed E-state index contributed by atoms with van der Waals surface area (Å²) in [5.41, 5.74) is 0.985. The number of aromatic hydroxyl groups is 1. The van der Waals surface area contributed by atoms with Gasteiger partial charge in [-0.2, -0.15) is 4.52 Å². The summed E-state index contributed by atoms with van der Waals surface area (Å²) in [4.78, 5) is 8.37. The number of likely N-dealkylation sites (tertiary alicyclic amines) is 1. The Kier molecular flexibility index (Phi) is 4.43. The number of fused-ring (bicyclic) bond motifs is 1. The van der Waals surface area contributed by atoms with Gasteiger partial charge in [0.25, 0.3) is 0 Å². The Labute approximate surface area is 149 Å². The van der Waals surface area contributed by atoms with E-state index in [0.29, 0.717) is 4.96 Å². The fraction of sp³-hybridized carbons (Fsp3) is 0.444. The van der Waals surface area contributed by atoms with E-state index in [9.17, 15) is 9.50 Å². The predicted molar refractivity (Wildman–Crippen MR) is 95.6 cm³/mol. The number of piperidine rings is 1. The molecule has 1 atom stereocenters. The van der Waals surface area contributed by atoms with Gasteiger partial charge in [-0.05, 0) is 43.6 Å². The summed E-state index contributed by atoms with van der Waals surface area (Å²) in [5, 5.41) is 15.2. The van der Waals surface area contributed by atoms with E-state index < -0.39 is 0 Å². The highest BCUT2D eigenvalue weighted by Crippen LogP contribution is 2.40. The van der Waals surface area contributed by atoms with Gasteiger partial charge in [-0.15, -0.1) is 5.10 Å². The Balaban J connectivity index is 1.80. The van der Waals surface area contributed by atoms with E-state index in [-0.39, 0.29) is 17.7 Å². The molecule has 4 rings (SSSR count). The molecular formula is C18H21FN4OS. The molecule has 132 valence electrons. The zero-order valence-electron chi connectivity index (χ0n) is 14.2. The van der Waals surface area contributed by atoms with Crippen LogP contribution in [0.4, 0.5) is 4.39 Å². The molecule has 7 heteroatoms. The van der Waals surface area contributed by atoms with Crippen LogP contribution >= 0.6 is 11.3 Å². The molecule has 5 nitrogen and oxygen atoms in total. The van der Waals surface area contributed by atoms with Crippen LogP contribution < -0.4 is 0 Å². The zero-order chi connectivity index (χ0) is 17.4. The van der Waals surface area contributed by atoms with Gasteiger partial charge in [0.2, 0.25) is 10.8 Å². The van der Waals surface area contributed by atoms with Crippen LogP contribution in [0.25, 0.3) is 4.96 Å². The van der Waals surface area contributed by atoms with Crippen molar-refractivity contribution in [3.63, 3.8) is 0 Å². The van der Waals surface area contributed by atoms with Gasteiger partial charge in [0.1, 0.15) is 5.82 Å². The van der Waals surface area contributed by atoms with Gasteiger partial charge in [0.15, 0.2) is 5.82 Å². The number of hydrogen-bond donors (Lipinski definition) is 1. The summed E-state index contributed by atoms with van der Waals surface area (Å²) < 4.78 is 14.9. The van der Waals surface area contributed by atoms with Crippen LogP contribution in [0.15, 0.2) is 24.3 Å². The molecule has 0 amide bonds. The van der Waals surface area contributed by atoms with Crippen molar-refractivity contribution < 1.29 is 9.50 Å². The molecule has 1 fully saturated rings. The maximum Gasteiger partial charge on any atom is 0.230 e. The molecule has 3 aromatic rings. The van der Waals surface area contributed by atoms with E-state index in [0.717, 1.165) is 48.6 Å². The Bertz CT molecular complexity index is 867. The molecule has 25 heavy (non-hydrogen) atoms. The minimum atomic E-state index is -0.249. The Hall–Kier alpha value is -1.99. The van der Waals surface area contributed by atoms with Gasteiger partial charge in [0, 0.05) is 6.42 Å². The van der Waals surface area contributed by atoms with Crippen molar-refractivity contribution in [2.24, 2.45) is 0 Å². The van der Waals surface area contributed by atoms with Gasteiger partial charge in [0.05, 0.1) is 10.9 Å². The van der Waals surface area contributed by atoms with Crippen LogP contribution in [0.1, 0.15) is 48.5 Å². The van der Waals surface area contributed by atoms with Gasteiger partial charge < -0.3 is 5.11 Å². The lowest BCUT2D eigenvalue weighted by Crippen LogP contribution is -2.34. The number of aromatic nitrogens is 3. The first-order valence-electron chi connectivity index (χ1n) is 8.74. The molecule has 3 heterocycles. The lowest BCUT2D eigenvalue weighted by Gasteiger charge is -2.34. The molecule has 1 saturated heterocycles. The molecule has 0 radical (unpaired) electrons. The molecule has 0 spiro atoms. The molecule has 1 aliphatic rings. The average Bonchev–Trinajstić information content (AvgIpc) is 3.18. The van der Waals surface area contributed by atoms with Crippen LogP contribution in [0, 0.1) is 5.82 Å². The highest BCUT2D eigenvalue weighted by atomic mass is 32.1. The van der Waals surface area contributed by atoms with Gasteiger partial charge in [-0.3, -0.25) is 4.90 Å². The van der Waals surface area contributed by atoms with Crippen LogP contribution in [0.2, 0.25) is 0 Å². The molecule has 1 unspecified atom stereocenters. The van der Waals surface area contributed by atoms with E-state index in [1.807, 2.05) is 6.92 Å². The number of rotatable bonds is 4. The topological polar surface area (TPSA) is 53.7 Å². The molecule has 1 N–H and O–H groups in total. The van der Waals surface area contributed by atoms with Crippen molar-refractivity contribution in [2.45, 2.75) is 38.6 Å². The van der Waals surface area contributed by atoms with Crippen LogP contribution in [0.5, 0.6) is 5.88 Å². The van der Waals surface area contributed by atoms with E-state index in [2.05, 4.69) is 15.0 Å². The number of hydrogen-bond acceptors (Lipinski definition) is 5. The summed E-state index contributed by atoms with van der Waals surface area (Å²) in [6.45, 7) is 3.93. The second-order valence-corrected chi connectivity index (χ2v) is 7.43. The van der Waals surface area contributed by atoms with E-state index in [1.165, 1.54) is 34.4 Å². The van der Waals surface area contributed by atoms with Crippen molar-refractivity contribution in [2.75, 3.05) is 13.1 Å². The third kappa shape index (κ3) is 3.02. The van der Waals surface area contributed by atoms with Crippen molar-refractivity contribution in [1.82, 2.24) is 19.5 Å². The van der Waals surface area contributed by atoms with Gasteiger partial charge in [-0.1, -0.05) is 36.8 Å². The lowest BCUT2D eigenvalue weighted by molar-refractivity contribution is 0.186. The number of benzene rings is 1. The Morgan fingerprint density at radius 1 is 1.20 bits per heavy atom. The number of aryl methyl sites for hydroxylation is 1. The monoisotopic (exact) mass is 360 g/mol. The maximum atomic E-state index is 13.4. The Morgan fingerprint density at radius 2 is 1.92 bits per heavy atom. The van der Waals surface area contributed by atoms with E-state index in [4.69, 9.17) is 0 Å². The van der Waals surface area contributed by atoms with Gasteiger partial charge >= 0.3 is 0 Å². The molecular weight excluding hydrogens is 339 g/mol. The van der Waals surface area contributed by atoms with Crippen molar-refractivity contribution in [1.29, 1.82) is 0 Å². The van der Waals surface area contributed by atoms with Crippen molar-refractivity contribution in [3.05, 3.63) is 46.3 Å².